The number of rotatable bonds is 7. The summed E-state index contributed by atoms with van der Waals surface area (Å²) in [6, 6.07) is -0.731. The van der Waals surface area contributed by atoms with E-state index >= 15 is 0 Å². The van der Waals surface area contributed by atoms with Gasteiger partial charge in [-0.2, -0.15) is 0 Å². The minimum atomic E-state index is -0.731. The molecule has 0 aliphatic carbocycles. The lowest BCUT2D eigenvalue weighted by atomic mass is 10.1. The first kappa shape index (κ1) is 14.6. The van der Waals surface area contributed by atoms with Gasteiger partial charge in [-0.25, -0.2) is 0 Å². The highest BCUT2D eigenvalue weighted by molar-refractivity contribution is 5.92. The van der Waals surface area contributed by atoms with Crippen LogP contribution in [0.5, 0.6) is 0 Å². The molecule has 0 saturated carbocycles. The molecule has 0 aromatic carbocycles. The Morgan fingerprint density at radius 3 is 2.25 bits per heavy atom. The van der Waals surface area contributed by atoms with Crippen molar-refractivity contribution in [1.82, 2.24) is 16.0 Å². The van der Waals surface area contributed by atoms with Gasteiger partial charge in [0.2, 0.25) is 11.8 Å². The largest absolute Gasteiger partial charge is 0.359 e. The molecular weight excluding hydrogens is 210 g/mol. The molecule has 0 unspecified atom stereocenters. The SMILES string of the molecule is CNCCC(=O)[C@@H](CC(=O)NC)NC(C)=O. The van der Waals surface area contributed by atoms with Crippen LogP contribution in [-0.4, -0.2) is 44.3 Å². The van der Waals surface area contributed by atoms with Crippen LogP contribution in [0.25, 0.3) is 0 Å². The van der Waals surface area contributed by atoms with Crippen LogP contribution in [0.4, 0.5) is 0 Å². The van der Waals surface area contributed by atoms with E-state index in [1.807, 2.05) is 0 Å². The molecule has 0 saturated heterocycles. The van der Waals surface area contributed by atoms with Crippen molar-refractivity contribution in [2.45, 2.75) is 25.8 Å². The molecule has 6 heteroatoms. The third-order valence-corrected chi connectivity index (χ3v) is 2.06. The minimum absolute atomic E-state index is 0.0153. The van der Waals surface area contributed by atoms with Crippen molar-refractivity contribution in [2.24, 2.45) is 0 Å². The fourth-order valence-electron chi connectivity index (χ4n) is 1.20. The summed E-state index contributed by atoms with van der Waals surface area (Å²) < 4.78 is 0. The Kier molecular flexibility index (Phi) is 7.11. The average molecular weight is 229 g/mol. The molecule has 0 rings (SSSR count). The zero-order valence-corrected chi connectivity index (χ0v) is 9.92. The first-order valence-electron chi connectivity index (χ1n) is 5.16. The summed E-state index contributed by atoms with van der Waals surface area (Å²) in [6.07, 6.45) is 0.275. The van der Waals surface area contributed by atoms with Gasteiger partial charge in [0, 0.05) is 26.9 Å². The van der Waals surface area contributed by atoms with Crippen molar-refractivity contribution in [2.75, 3.05) is 20.6 Å². The molecule has 16 heavy (non-hydrogen) atoms. The Morgan fingerprint density at radius 2 is 1.81 bits per heavy atom. The summed E-state index contributed by atoms with van der Waals surface area (Å²) in [7, 11) is 3.23. The Bertz CT molecular complexity index is 266. The Hall–Kier alpha value is -1.43. The van der Waals surface area contributed by atoms with Crippen molar-refractivity contribution in [3.8, 4) is 0 Å². The molecule has 2 amide bonds. The quantitative estimate of drug-likeness (QED) is 0.512. The number of ketones is 1. The second-order valence-electron chi connectivity index (χ2n) is 3.45. The number of carbonyl (C=O) groups is 3. The van der Waals surface area contributed by atoms with Gasteiger partial charge in [0.1, 0.15) is 0 Å². The van der Waals surface area contributed by atoms with Gasteiger partial charge in [-0.1, -0.05) is 0 Å². The predicted molar refractivity (Wildman–Crippen MR) is 59.8 cm³/mol. The fraction of sp³-hybridized carbons (Fsp3) is 0.700. The summed E-state index contributed by atoms with van der Waals surface area (Å²) in [5.41, 5.74) is 0. The number of hydrogen-bond donors (Lipinski definition) is 3. The van der Waals surface area contributed by atoms with Crippen LogP contribution < -0.4 is 16.0 Å². The summed E-state index contributed by atoms with van der Waals surface area (Å²) in [6.45, 7) is 1.85. The van der Waals surface area contributed by atoms with Crippen molar-refractivity contribution >= 4 is 17.6 Å². The Morgan fingerprint density at radius 1 is 1.19 bits per heavy atom. The molecule has 6 nitrogen and oxygen atoms in total. The van der Waals surface area contributed by atoms with Gasteiger partial charge >= 0.3 is 0 Å². The van der Waals surface area contributed by atoms with Crippen molar-refractivity contribution in [3.63, 3.8) is 0 Å². The van der Waals surface area contributed by atoms with Gasteiger partial charge in [-0.3, -0.25) is 14.4 Å². The van der Waals surface area contributed by atoms with Gasteiger partial charge in [0.25, 0.3) is 0 Å². The van der Waals surface area contributed by atoms with Gasteiger partial charge in [-0.15, -0.1) is 0 Å². The minimum Gasteiger partial charge on any atom is -0.359 e. The molecule has 0 fully saturated rings. The number of carbonyl (C=O) groups excluding carboxylic acids is 3. The molecule has 0 aliphatic rings. The molecule has 1 atom stereocenters. The standard InChI is InChI=1S/C10H19N3O3/c1-7(14)13-8(6-10(16)12-3)9(15)4-5-11-2/h8,11H,4-6H2,1-3H3,(H,12,16)(H,13,14)/t8-/m1/s1. The molecule has 0 aromatic rings. The van der Waals surface area contributed by atoms with E-state index in [0.717, 1.165) is 0 Å². The number of Topliss-reactive ketones (excluding diaryl/α,β-unsaturated/α-hetero) is 1. The molecule has 0 bridgehead atoms. The zero-order chi connectivity index (χ0) is 12.6. The highest BCUT2D eigenvalue weighted by atomic mass is 16.2. The predicted octanol–water partition coefficient (Wildman–Crippen LogP) is -1.19. The normalized spacial score (nSPS) is 11.7. The van der Waals surface area contributed by atoms with E-state index in [4.69, 9.17) is 0 Å². The second-order valence-corrected chi connectivity index (χ2v) is 3.45. The Balaban J connectivity index is 4.34. The maximum Gasteiger partial charge on any atom is 0.222 e. The summed E-state index contributed by atoms with van der Waals surface area (Å²) in [5.74, 6) is -0.726. The third-order valence-electron chi connectivity index (χ3n) is 2.06. The molecule has 92 valence electrons. The topological polar surface area (TPSA) is 87.3 Å². The molecule has 0 heterocycles. The van der Waals surface area contributed by atoms with Crippen LogP contribution >= 0.6 is 0 Å². The highest BCUT2D eigenvalue weighted by Gasteiger charge is 2.21. The monoisotopic (exact) mass is 229 g/mol. The first-order chi connectivity index (χ1) is 7.51. The van der Waals surface area contributed by atoms with E-state index < -0.39 is 6.04 Å². The van der Waals surface area contributed by atoms with E-state index in [-0.39, 0.29) is 24.0 Å². The fourth-order valence-corrected chi connectivity index (χ4v) is 1.20. The van der Waals surface area contributed by atoms with Crippen LogP contribution in [-0.2, 0) is 14.4 Å². The van der Waals surface area contributed by atoms with E-state index in [1.165, 1.54) is 14.0 Å². The van der Waals surface area contributed by atoms with Crippen molar-refractivity contribution < 1.29 is 14.4 Å². The third kappa shape index (κ3) is 6.13. The molecule has 0 radical (unpaired) electrons. The van der Waals surface area contributed by atoms with E-state index in [9.17, 15) is 14.4 Å². The van der Waals surface area contributed by atoms with Crippen LogP contribution in [0.3, 0.4) is 0 Å². The molecule has 0 aliphatic heterocycles. The number of amides is 2. The van der Waals surface area contributed by atoms with Crippen molar-refractivity contribution in [3.05, 3.63) is 0 Å². The molecule has 3 N–H and O–H groups in total. The van der Waals surface area contributed by atoms with Gasteiger partial charge in [0.05, 0.1) is 12.5 Å². The zero-order valence-electron chi connectivity index (χ0n) is 9.92. The lowest BCUT2D eigenvalue weighted by Gasteiger charge is -2.15. The lowest BCUT2D eigenvalue weighted by Crippen LogP contribution is -2.43. The summed E-state index contributed by atoms with van der Waals surface area (Å²) in [5, 5.41) is 7.74. The van der Waals surface area contributed by atoms with E-state index in [2.05, 4.69) is 16.0 Å². The smallest absolute Gasteiger partial charge is 0.222 e. The van der Waals surface area contributed by atoms with Crippen LogP contribution in [0, 0.1) is 0 Å². The Labute approximate surface area is 95.2 Å². The maximum atomic E-state index is 11.7. The van der Waals surface area contributed by atoms with Gasteiger partial charge < -0.3 is 16.0 Å². The van der Waals surface area contributed by atoms with Gasteiger partial charge in [0.15, 0.2) is 5.78 Å². The first-order valence-corrected chi connectivity index (χ1v) is 5.16. The van der Waals surface area contributed by atoms with E-state index in [1.54, 1.807) is 7.05 Å². The van der Waals surface area contributed by atoms with Crippen LogP contribution in [0.15, 0.2) is 0 Å². The number of nitrogens with one attached hydrogen (secondary N) is 3. The van der Waals surface area contributed by atoms with Gasteiger partial charge in [-0.05, 0) is 7.05 Å². The lowest BCUT2D eigenvalue weighted by molar-refractivity contribution is -0.129. The summed E-state index contributed by atoms with van der Waals surface area (Å²) in [4.78, 5) is 33.7. The van der Waals surface area contributed by atoms with Crippen molar-refractivity contribution in [1.29, 1.82) is 0 Å². The number of hydrogen-bond acceptors (Lipinski definition) is 4. The molecule has 0 aromatic heterocycles. The second kappa shape index (κ2) is 7.81. The molecule has 0 spiro atoms. The summed E-state index contributed by atoms with van der Waals surface area (Å²) >= 11 is 0. The molecular formula is C10H19N3O3. The van der Waals surface area contributed by atoms with Crippen LogP contribution in [0.1, 0.15) is 19.8 Å². The van der Waals surface area contributed by atoms with E-state index in [0.29, 0.717) is 13.0 Å². The maximum absolute atomic E-state index is 11.7. The highest BCUT2D eigenvalue weighted by Crippen LogP contribution is 1.98. The average Bonchev–Trinajstić information content (AvgIpc) is 2.24. The van der Waals surface area contributed by atoms with Crippen LogP contribution in [0.2, 0.25) is 0 Å².